The van der Waals surface area contributed by atoms with Crippen LogP contribution >= 0.6 is 0 Å². The van der Waals surface area contributed by atoms with Gasteiger partial charge in [0.05, 0.1) is 11.8 Å². The summed E-state index contributed by atoms with van der Waals surface area (Å²) in [5.41, 5.74) is 4.38. The number of rotatable bonds is 3. The molecule has 0 heterocycles. The molecule has 0 spiro atoms. The lowest BCUT2D eigenvalue weighted by Gasteiger charge is -2.04. The molecule has 0 saturated heterocycles. The van der Waals surface area contributed by atoms with Gasteiger partial charge in [-0.25, -0.2) is 9.82 Å². The first-order chi connectivity index (χ1) is 9.99. The summed E-state index contributed by atoms with van der Waals surface area (Å²) in [5.74, 6) is -0.972. The van der Waals surface area contributed by atoms with E-state index in [-0.39, 0.29) is 11.3 Å². The molecule has 0 unspecified atom stereocenters. The molecule has 0 radical (unpaired) electrons. The minimum atomic E-state index is -0.614. The van der Waals surface area contributed by atoms with E-state index in [2.05, 4.69) is 10.5 Å². The molecule has 0 fully saturated rings. The highest BCUT2D eigenvalue weighted by Crippen LogP contribution is 2.21. The Labute approximate surface area is 121 Å². The third-order valence-electron chi connectivity index (χ3n) is 3.01. The topological polar surface area (TPSA) is 61.7 Å². The molecule has 0 aliphatic heterocycles. The van der Waals surface area contributed by atoms with Crippen molar-refractivity contribution in [2.75, 3.05) is 0 Å². The first kappa shape index (κ1) is 14.7. The van der Waals surface area contributed by atoms with Gasteiger partial charge in [-0.2, -0.15) is 5.10 Å². The van der Waals surface area contributed by atoms with Crippen molar-refractivity contribution in [2.24, 2.45) is 5.10 Å². The second kappa shape index (κ2) is 6.17. The first-order valence-corrected chi connectivity index (χ1v) is 6.37. The van der Waals surface area contributed by atoms with E-state index < -0.39 is 11.7 Å². The van der Waals surface area contributed by atoms with Gasteiger partial charge in [0.1, 0.15) is 11.6 Å². The van der Waals surface area contributed by atoms with E-state index in [9.17, 15) is 14.3 Å². The molecular weight excluding hydrogens is 271 g/mol. The lowest BCUT2D eigenvalue weighted by Crippen LogP contribution is -2.18. The Morgan fingerprint density at radius 3 is 2.48 bits per heavy atom. The van der Waals surface area contributed by atoms with Crippen LogP contribution in [0.5, 0.6) is 5.75 Å². The number of nitrogens with zero attached hydrogens (tertiary/aromatic N) is 1. The van der Waals surface area contributed by atoms with E-state index in [1.807, 2.05) is 0 Å². The number of hydrogen-bond acceptors (Lipinski definition) is 3. The fraction of sp³-hybridized carbons (Fsp3) is 0.125. The molecule has 108 valence electrons. The molecule has 0 aliphatic rings. The van der Waals surface area contributed by atoms with Crippen LogP contribution in [0.3, 0.4) is 0 Å². The Balaban J connectivity index is 2.10. The number of aryl methyl sites for hydroxylation is 2. The van der Waals surface area contributed by atoms with Crippen molar-refractivity contribution in [1.82, 2.24) is 5.43 Å². The summed E-state index contributed by atoms with van der Waals surface area (Å²) < 4.78 is 13.4. The lowest BCUT2D eigenvalue weighted by molar-refractivity contribution is 0.0951. The standard InChI is InChI=1S/C16H15FN2O2/c1-10-7-12(8-11(2)15(10)20)9-18-19-16(21)13-5-3-4-6-14(13)17/h3-9,20H,1-2H3,(H,19,21)/b18-9+. The predicted molar refractivity (Wildman–Crippen MR) is 79.0 cm³/mol. The summed E-state index contributed by atoms with van der Waals surface area (Å²) in [5, 5.41) is 13.5. The van der Waals surface area contributed by atoms with E-state index in [4.69, 9.17) is 0 Å². The number of hydrazone groups is 1. The summed E-state index contributed by atoms with van der Waals surface area (Å²) >= 11 is 0. The largest absolute Gasteiger partial charge is 0.507 e. The number of phenolic OH excluding ortho intramolecular Hbond substituents is 1. The number of halogens is 1. The molecule has 2 aromatic rings. The van der Waals surface area contributed by atoms with Gasteiger partial charge in [-0.15, -0.1) is 0 Å². The average molecular weight is 286 g/mol. The Bertz CT molecular complexity index is 688. The van der Waals surface area contributed by atoms with Crippen molar-refractivity contribution < 1.29 is 14.3 Å². The molecule has 2 aromatic carbocycles. The number of aromatic hydroxyl groups is 1. The maximum atomic E-state index is 13.4. The monoisotopic (exact) mass is 286 g/mol. The molecule has 5 heteroatoms. The fourth-order valence-electron chi connectivity index (χ4n) is 1.93. The SMILES string of the molecule is Cc1cc(/C=N/NC(=O)c2ccccc2F)cc(C)c1O. The van der Waals surface area contributed by atoms with E-state index in [1.165, 1.54) is 24.4 Å². The molecule has 1 amide bonds. The normalized spacial score (nSPS) is 10.8. The zero-order valence-electron chi connectivity index (χ0n) is 11.7. The highest BCUT2D eigenvalue weighted by molar-refractivity contribution is 5.95. The Morgan fingerprint density at radius 1 is 1.24 bits per heavy atom. The van der Waals surface area contributed by atoms with Crippen LogP contribution in [0.1, 0.15) is 27.0 Å². The lowest BCUT2D eigenvalue weighted by atomic mass is 10.1. The molecule has 0 atom stereocenters. The zero-order chi connectivity index (χ0) is 15.4. The number of amides is 1. The van der Waals surface area contributed by atoms with Crippen LogP contribution in [-0.4, -0.2) is 17.2 Å². The molecule has 0 bridgehead atoms. The number of carbonyl (C=O) groups is 1. The van der Waals surface area contributed by atoms with Crippen molar-refractivity contribution in [3.8, 4) is 5.75 Å². The minimum absolute atomic E-state index is 0.0623. The van der Waals surface area contributed by atoms with Gasteiger partial charge in [0.2, 0.25) is 0 Å². The quantitative estimate of drug-likeness (QED) is 0.673. The highest BCUT2D eigenvalue weighted by atomic mass is 19.1. The van der Waals surface area contributed by atoms with Gasteiger partial charge in [-0.3, -0.25) is 4.79 Å². The van der Waals surface area contributed by atoms with Crippen LogP contribution < -0.4 is 5.43 Å². The van der Waals surface area contributed by atoms with Crippen LogP contribution in [0.4, 0.5) is 4.39 Å². The van der Waals surface area contributed by atoms with Gasteiger partial charge in [0.15, 0.2) is 0 Å². The average Bonchev–Trinajstić information content (AvgIpc) is 2.45. The second-order valence-electron chi connectivity index (χ2n) is 4.68. The maximum absolute atomic E-state index is 13.4. The van der Waals surface area contributed by atoms with Crippen LogP contribution in [0.15, 0.2) is 41.5 Å². The van der Waals surface area contributed by atoms with Crippen LogP contribution in [0, 0.1) is 19.7 Å². The highest BCUT2D eigenvalue weighted by Gasteiger charge is 2.09. The fourth-order valence-corrected chi connectivity index (χ4v) is 1.93. The summed E-state index contributed by atoms with van der Waals surface area (Å²) in [4.78, 5) is 11.7. The molecule has 4 nitrogen and oxygen atoms in total. The minimum Gasteiger partial charge on any atom is -0.507 e. The Morgan fingerprint density at radius 2 is 1.86 bits per heavy atom. The molecule has 0 aliphatic carbocycles. The summed E-state index contributed by atoms with van der Waals surface area (Å²) in [7, 11) is 0. The van der Waals surface area contributed by atoms with Gasteiger partial charge >= 0.3 is 0 Å². The number of carbonyl (C=O) groups excluding carboxylic acids is 1. The Kier molecular flexibility index (Phi) is 4.33. The first-order valence-electron chi connectivity index (χ1n) is 6.37. The van der Waals surface area contributed by atoms with E-state index >= 15 is 0 Å². The van der Waals surface area contributed by atoms with Crippen molar-refractivity contribution in [3.63, 3.8) is 0 Å². The van der Waals surface area contributed by atoms with Crippen LogP contribution in [0.2, 0.25) is 0 Å². The van der Waals surface area contributed by atoms with Crippen molar-refractivity contribution in [1.29, 1.82) is 0 Å². The number of hydrogen-bond donors (Lipinski definition) is 2. The third-order valence-corrected chi connectivity index (χ3v) is 3.01. The van der Waals surface area contributed by atoms with E-state index in [0.717, 1.165) is 16.7 Å². The molecule has 2 N–H and O–H groups in total. The van der Waals surface area contributed by atoms with E-state index in [1.54, 1.807) is 32.0 Å². The second-order valence-corrected chi connectivity index (χ2v) is 4.68. The summed E-state index contributed by atoms with van der Waals surface area (Å²) in [6, 6.07) is 9.16. The van der Waals surface area contributed by atoms with Crippen molar-refractivity contribution >= 4 is 12.1 Å². The van der Waals surface area contributed by atoms with Gasteiger partial charge < -0.3 is 5.11 Å². The van der Waals surface area contributed by atoms with Gasteiger partial charge in [-0.1, -0.05) is 12.1 Å². The van der Waals surface area contributed by atoms with Crippen molar-refractivity contribution in [2.45, 2.75) is 13.8 Å². The number of nitrogens with one attached hydrogen (secondary N) is 1. The van der Waals surface area contributed by atoms with E-state index in [0.29, 0.717) is 0 Å². The molecule has 21 heavy (non-hydrogen) atoms. The predicted octanol–water partition coefficient (Wildman–Crippen LogP) is 2.91. The molecular formula is C16H15FN2O2. The molecule has 2 rings (SSSR count). The van der Waals surface area contributed by atoms with Crippen LogP contribution in [0.25, 0.3) is 0 Å². The smallest absolute Gasteiger partial charge is 0.274 e. The van der Waals surface area contributed by atoms with Gasteiger partial charge in [0.25, 0.3) is 5.91 Å². The molecule has 0 aromatic heterocycles. The summed E-state index contributed by atoms with van der Waals surface area (Å²) in [6.07, 6.45) is 1.44. The Hall–Kier alpha value is -2.69. The maximum Gasteiger partial charge on any atom is 0.274 e. The molecule has 0 saturated carbocycles. The number of benzene rings is 2. The van der Waals surface area contributed by atoms with Gasteiger partial charge in [0, 0.05) is 0 Å². The summed E-state index contributed by atoms with van der Waals surface area (Å²) in [6.45, 7) is 3.55. The number of phenols is 1. The zero-order valence-corrected chi connectivity index (χ0v) is 11.7. The van der Waals surface area contributed by atoms with Crippen LogP contribution in [-0.2, 0) is 0 Å². The van der Waals surface area contributed by atoms with Crippen molar-refractivity contribution in [3.05, 3.63) is 64.5 Å². The third kappa shape index (κ3) is 3.45. The van der Waals surface area contributed by atoms with Gasteiger partial charge in [-0.05, 0) is 54.8 Å².